The van der Waals surface area contributed by atoms with Crippen LogP contribution in [0.3, 0.4) is 0 Å². The van der Waals surface area contributed by atoms with Gasteiger partial charge in [0.2, 0.25) is 0 Å². The number of carbonyl (C=O) groups is 2. The number of halogens is 1. The highest BCUT2D eigenvalue weighted by molar-refractivity contribution is 6.30. The Hall–Kier alpha value is -3.58. The van der Waals surface area contributed by atoms with Crippen molar-refractivity contribution in [1.82, 2.24) is 9.88 Å². The molecule has 1 saturated heterocycles. The molecule has 1 fully saturated rings. The molecular weight excluding hydrogens is 428 g/mol. The lowest BCUT2D eigenvalue weighted by atomic mass is 10.2. The number of rotatable bonds is 6. The van der Waals surface area contributed by atoms with Gasteiger partial charge in [-0.2, -0.15) is 0 Å². The quantitative estimate of drug-likeness (QED) is 0.619. The first-order valence-corrected chi connectivity index (χ1v) is 10.7. The fourth-order valence-corrected chi connectivity index (χ4v) is 3.64. The van der Waals surface area contributed by atoms with Crippen LogP contribution in [0.2, 0.25) is 5.02 Å². The van der Waals surface area contributed by atoms with E-state index in [1.807, 2.05) is 35.2 Å². The lowest BCUT2D eigenvalue weighted by Crippen LogP contribution is -2.49. The topological polar surface area (TPSA) is 74.8 Å². The number of nitrogens with zero attached hydrogens (tertiary/aromatic N) is 3. The summed E-state index contributed by atoms with van der Waals surface area (Å²) in [7, 11) is 0. The molecule has 3 aromatic rings. The summed E-state index contributed by atoms with van der Waals surface area (Å²) in [4.78, 5) is 33.2. The SMILES string of the molecule is O=C(COc1ccccc1)Nc1ccc(N2CCN(C(=O)c3cccc(Cl)c3)CC2)nc1. The van der Waals surface area contributed by atoms with Gasteiger partial charge >= 0.3 is 0 Å². The average Bonchev–Trinajstić information content (AvgIpc) is 2.83. The Morgan fingerprint density at radius 2 is 1.75 bits per heavy atom. The highest BCUT2D eigenvalue weighted by Gasteiger charge is 2.23. The highest BCUT2D eigenvalue weighted by atomic mass is 35.5. The van der Waals surface area contributed by atoms with Crippen LogP contribution in [0.4, 0.5) is 11.5 Å². The molecule has 32 heavy (non-hydrogen) atoms. The second-order valence-electron chi connectivity index (χ2n) is 7.34. The monoisotopic (exact) mass is 450 g/mol. The molecule has 0 atom stereocenters. The number of carbonyl (C=O) groups excluding carboxylic acids is 2. The summed E-state index contributed by atoms with van der Waals surface area (Å²) in [6, 6.07) is 19.9. The van der Waals surface area contributed by atoms with Gasteiger partial charge < -0.3 is 19.9 Å². The summed E-state index contributed by atoms with van der Waals surface area (Å²) in [5.74, 6) is 1.18. The molecule has 164 valence electrons. The van der Waals surface area contributed by atoms with E-state index in [-0.39, 0.29) is 18.4 Å². The Morgan fingerprint density at radius 1 is 0.969 bits per heavy atom. The summed E-state index contributed by atoms with van der Waals surface area (Å²) in [5, 5.41) is 3.33. The normalized spacial score (nSPS) is 13.5. The number of ether oxygens (including phenoxy) is 1. The Balaban J connectivity index is 1.26. The maximum atomic E-state index is 12.7. The lowest BCUT2D eigenvalue weighted by molar-refractivity contribution is -0.118. The Kier molecular flexibility index (Phi) is 6.87. The van der Waals surface area contributed by atoms with Crippen molar-refractivity contribution < 1.29 is 14.3 Å². The molecule has 4 rings (SSSR count). The molecule has 2 heterocycles. The molecule has 7 nitrogen and oxygen atoms in total. The third-order valence-electron chi connectivity index (χ3n) is 5.11. The first kappa shape index (κ1) is 21.6. The van der Waals surface area contributed by atoms with Gasteiger partial charge in [-0.05, 0) is 42.5 Å². The highest BCUT2D eigenvalue weighted by Crippen LogP contribution is 2.18. The first-order chi connectivity index (χ1) is 15.6. The summed E-state index contributed by atoms with van der Waals surface area (Å²) in [5.41, 5.74) is 1.20. The van der Waals surface area contributed by atoms with Gasteiger partial charge in [0.1, 0.15) is 11.6 Å². The van der Waals surface area contributed by atoms with Gasteiger partial charge in [0, 0.05) is 36.8 Å². The largest absolute Gasteiger partial charge is 0.484 e. The molecule has 1 N–H and O–H groups in total. The number of aromatic nitrogens is 1. The zero-order chi connectivity index (χ0) is 22.3. The van der Waals surface area contributed by atoms with Crippen LogP contribution >= 0.6 is 11.6 Å². The molecule has 0 bridgehead atoms. The van der Waals surface area contributed by atoms with Crippen LogP contribution in [0.15, 0.2) is 72.9 Å². The average molecular weight is 451 g/mol. The second-order valence-corrected chi connectivity index (χ2v) is 7.78. The van der Waals surface area contributed by atoms with Gasteiger partial charge in [-0.1, -0.05) is 35.9 Å². The summed E-state index contributed by atoms with van der Waals surface area (Å²) < 4.78 is 5.45. The number of pyridine rings is 1. The number of hydrogen-bond donors (Lipinski definition) is 1. The molecule has 0 radical (unpaired) electrons. The fourth-order valence-electron chi connectivity index (χ4n) is 3.45. The van der Waals surface area contributed by atoms with Crippen LogP contribution in [0, 0.1) is 0 Å². The molecule has 0 aliphatic carbocycles. The molecule has 2 aromatic carbocycles. The lowest BCUT2D eigenvalue weighted by Gasteiger charge is -2.35. The van der Waals surface area contributed by atoms with Crippen molar-refractivity contribution >= 4 is 34.9 Å². The van der Waals surface area contributed by atoms with E-state index in [0.29, 0.717) is 48.2 Å². The fraction of sp³-hybridized carbons (Fsp3) is 0.208. The molecule has 0 saturated carbocycles. The van der Waals surface area contributed by atoms with E-state index >= 15 is 0 Å². The standard InChI is InChI=1S/C24H23ClN4O3/c25-19-6-4-5-18(15-19)24(31)29-13-11-28(12-14-29)22-10-9-20(16-26-22)27-23(30)17-32-21-7-2-1-3-8-21/h1-10,15-16H,11-14,17H2,(H,27,30). The first-order valence-electron chi connectivity index (χ1n) is 10.3. The predicted octanol–water partition coefficient (Wildman–Crippen LogP) is 3.71. The van der Waals surface area contributed by atoms with E-state index in [4.69, 9.17) is 16.3 Å². The van der Waals surface area contributed by atoms with Gasteiger partial charge in [-0.25, -0.2) is 4.98 Å². The molecule has 1 aliphatic rings. The van der Waals surface area contributed by atoms with E-state index in [1.54, 1.807) is 42.6 Å². The molecule has 2 amide bonds. The number of nitrogens with one attached hydrogen (secondary N) is 1. The van der Waals surface area contributed by atoms with Crippen molar-refractivity contribution in [3.63, 3.8) is 0 Å². The molecular formula is C24H23ClN4O3. The van der Waals surface area contributed by atoms with Crippen molar-refractivity contribution in [2.75, 3.05) is 43.0 Å². The molecule has 1 aliphatic heterocycles. The maximum Gasteiger partial charge on any atom is 0.262 e. The van der Waals surface area contributed by atoms with Gasteiger partial charge in [0.25, 0.3) is 11.8 Å². The van der Waals surface area contributed by atoms with E-state index in [2.05, 4.69) is 15.2 Å². The smallest absolute Gasteiger partial charge is 0.262 e. The summed E-state index contributed by atoms with van der Waals surface area (Å²) in [6.45, 7) is 2.48. The number of piperazine rings is 1. The maximum absolute atomic E-state index is 12.7. The molecule has 1 aromatic heterocycles. The van der Waals surface area contributed by atoms with E-state index in [1.165, 1.54) is 0 Å². The third kappa shape index (κ3) is 5.56. The minimum absolute atomic E-state index is 0.0177. The number of hydrogen-bond acceptors (Lipinski definition) is 5. The predicted molar refractivity (Wildman–Crippen MR) is 124 cm³/mol. The Bertz CT molecular complexity index is 1070. The van der Waals surface area contributed by atoms with E-state index in [9.17, 15) is 9.59 Å². The van der Waals surface area contributed by atoms with Crippen molar-refractivity contribution in [3.8, 4) is 5.75 Å². The van der Waals surface area contributed by atoms with Crippen LogP contribution in [-0.2, 0) is 4.79 Å². The summed E-state index contributed by atoms with van der Waals surface area (Å²) in [6.07, 6.45) is 1.62. The van der Waals surface area contributed by atoms with Crippen molar-refractivity contribution in [2.45, 2.75) is 0 Å². The van der Waals surface area contributed by atoms with Crippen molar-refractivity contribution in [3.05, 3.63) is 83.5 Å². The van der Waals surface area contributed by atoms with Gasteiger partial charge in [0.15, 0.2) is 6.61 Å². The second kappa shape index (κ2) is 10.2. The number of amides is 2. The molecule has 0 unspecified atom stereocenters. The number of anilines is 2. The van der Waals surface area contributed by atoms with Gasteiger partial charge in [0.05, 0.1) is 11.9 Å². The van der Waals surface area contributed by atoms with Crippen LogP contribution < -0.4 is 15.0 Å². The third-order valence-corrected chi connectivity index (χ3v) is 5.34. The number of para-hydroxylation sites is 1. The van der Waals surface area contributed by atoms with Crippen molar-refractivity contribution in [1.29, 1.82) is 0 Å². The molecule has 0 spiro atoms. The van der Waals surface area contributed by atoms with E-state index < -0.39 is 0 Å². The van der Waals surface area contributed by atoms with Crippen LogP contribution in [0.5, 0.6) is 5.75 Å². The van der Waals surface area contributed by atoms with Gasteiger partial charge in [-0.3, -0.25) is 9.59 Å². The van der Waals surface area contributed by atoms with Crippen LogP contribution in [-0.4, -0.2) is 54.5 Å². The minimum Gasteiger partial charge on any atom is -0.484 e. The van der Waals surface area contributed by atoms with E-state index in [0.717, 1.165) is 5.82 Å². The van der Waals surface area contributed by atoms with Crippen molar-refractivity contribution in [2.24, 2.45) is 0 Å². The zero-order valence-corrected chi connectivity index (χ0v) is 18.2. The number of benzene rings is 2. The van der Waals surface area contributed by atoms with Crippen LogP contribution in [0.25, 0.3) is 0 Å². The molecule has 8 heteroatoms. The Labute approximate surface area is 191 Å². The summed E-state index contributed by atoms with van der Waals surface area (Å²) >= 11 is 6.00. The van der Waals surface area contributed by atoms with Gasteiger partial charge in [-0.15, -0.1) is 0 Å². The minimum atomic E-state index is -0.253. The van der Waals surface area contributed by atoms with Crippen LogP contribution in [0.1, 0.15) is 10.4 Å². The Morgan fingerprint density at radius 3 is 2.44 bits per heavy atom. The zero-order valence-electron chi connectivity index (χ0n) is 17.4.